The van der Waals surface area contributed by atoms with Gasteiger partial charge in [0.25, 0.3) is 0 Å². The van der Waals surface area contributed by atoms with Gasteiger partial charge in [0.1, 0.15) is 0 Å². The molecule has 0 aliphatic rings. The van der Waals surface area contributed by atoms with Crippen molar-refractivity contribution in [3.63, 3.8) is 0 Å². The van der Waals surface area contributed by atoms with E-state index in [9.17, 15) is 0 Å². The molecule has 2 N–H and O–H groups in total. The van der Waals surface area contributed by atoms with E-state index >= 15 is 0 Å². The summed E-state index contributed by atoms with van der Waals surface area (Å²) in [7, 11) is 0. The van der Waals surface area contributed by atoms with Gasteiger partial charge in [-0.3, -0.25) is 0 Å². The van der Waals surface area contributed by atoms with Crippen LogP contribution in [0.4, 0.5) is 0 Å². The van der Waals surface area contributed by atoms with Gasteiger partial charge in [-0.1, -0.05) is 12.1 Å². The molecule has 1 atom stereocenters. The van der Waals surface area contributed by atoms with Crippen molar-refractivity contribution in [1.82, 2.24) is 0 Å². The van der Waals surface area contributed by atoms with Crippen LogP contribution in [0.5, 0.6) is 0 Å². The predicted octanol–water partition coefficient (Wildman–Crippen LogP) is 3.18. The highest BCUT2D eigenvalue weighted by molar-refractivity contribution is 14.1. The molecule has 2 heteroatoms. The summed E-state index contributed by atoms with van der Waals surface area (Å²) in [6, 6.07) is 6.44. The SMILES string of the molecule is C=CC[C@@H](N)c1cc(I)ccc1C. The number of aryl methyl sites for hydroxylation is 1. The molecule has 0 saturated carbocycles. The van der Waals surface area contributed by atoms with Crippen LogP contribution >= 0.6 is 22.6 Å². The predicted molar refractivity (Wildman–Crippen MR) is 65.6 cm³/mol. The maximum Gasteiger partial charge on any atom is 0.0332 e. The number of halogens is 1. The number of hydrogen-bond donors (Lipinski definition) is 1. The molecule has 0 amide bonds. The molecule has 0 radical (unpaired) electrons. The average Bonchev–Trinajstić information content (AvgIpc) is 2.09. The monoisotopic (exact) mass is 287 g/mol. The van der Waals surface area contributed by atoms with Crippen molar-refractivity contribution < 1.29 is 0 Å². The van der Waals surface area contributed by atoms with Gasteiger partial charge < -0.3 is 5.73 Å². The Labute approximate surface area is 93.2 Å². The molecule has 1 rings (SSSR count). The smallest absolute Gasteiger partial charge is 0.0332 e. The third-order valence-corrected chi connectivity index (χ3v) is 2.73. The van der Waals surface area contributed by atoms with Crippen LogP contribution in [0, 0.1) is 10.5 Å². The molecule has 0 aromatic heterocycles. The fourth-order valence-electron chi connectivity index (χ4n) is 1.32. The first-order valence-corrected chi connectivity index (χ1v) is 5.35. The van der Waals surface area contributed by atoms with Gasteiger partial charge in [0, 0.05) is 9.61 Å². The molecular formula is C11H14IN. The molecule has 0 aliphatic carbocycles. The Kier molecular flexibility index (Phi) is 3.93. The molecule has 0 unspecified atom stereocenters. The van der Waals surface area contributed by atoms with Gasteiger partial charge in [0.05, 0.1) is 0 Å². The highest BCUT2D eigenvalue weighted by Crippen LogP contribution is 2.20. The van der Waals surface area contributed by atoms with Gasteiger partial charge in [0.15, 0.2) is 0 Å². The second-order valence-corrected chi connectivity index (χ2v) is 4.38. The van der Waals surface area contributed by atoms with Crippen LogP contribution < -0.4 is 5.73 Å². The molecule has 1 aromatic carbocycles. The van der Waals surface area contributed by atoms with E-state index in [2.05, 4.69) is 54.3 Å². The number of rotatable bonds is 3. The van der Waals surface area contributed by atoms with Crippen molar-refractivity contribution in [3.05, 3.63) is 45.6 Å². The standard InChI is InChI=1S/C11H14IN/c1-3-4-11(13)10-7-9(12)6-5-8(10)2/h3,5-7,11H,1,4,13H2,2H3/t11-/m1/s1. The lowest BCUT2D eigenvalue weighted by molar-refractivity contribution is 0.735. The molecule has 1 aromatic rings. The largest absolute Gasteiger partial charge is 0.324 e. The normalized spacial score (nSPS) is 12.5. The highest BCUT2D eigenvalue weighted by Gasteiger charge is 2.06. The van der Waals surface area contributed by atoms with E-state index in [4.69, 9.17) is 5.73 Å². The van der Waals surface area contributed by atoms with Crippen molar-refractivity contribution in [2.45, 2.75) is 19.4 Å². The number of hydrogen-bond acceptors (Lipinski definition) is 1. The minimum atomic E-state index is 0.0900. The Bertz CT molecular complexity index is 307. The number of nitrogens with two attached hydrogens (primary N) is 1. The van der Waals surface area contributed by atoms with Crippen LogP contribution in [-0.2, 0) is 0 Å². The van der Waals surface area contributed by atoms with Crippen LogP contribution in [-0.4, -0.2) is 0 Å². The lowest BCUT2D eigenvalue weighted by Crippen LogP contribution is -2.10. The first-order chi connectivity index (χ1) is 6.15. The average molecular weight is 287 g/mol. The fraction of sp³-hybridized carbons (Fsp3) is 0.273. The molecule has 0 spiro atoms. The second-order valence-electron chi connectivity index (χ2n) is 3.13. The topological polar surface area (TPSA) is 26.0 Å². The van der Waals surface area contributed by atoms with Crippen molar-refractivity contribution in [2.75, 3.05) is 0 Å². The summed E-state index contributed by atoms with van der Waals surface area (Å²) in [5.74, 6) is 0. The lowest BCUT2D eigenvalue weighted by Gasteiger charge is -2.12. The molecule has 0 aliphatic heterocycles. The zero-order valence-electron chi connectivity index (χ0n) is 7.76. The van der Waals surface area contributed by atoms with Crippen molar-refractivity contribution in [1.29, 1.82) is 0 Å². The first-order valence-electron chi connectivity index (χ1n) is 4.27. The van der Waals surface area contributed by atoms with E-state index in [1.165, 1.54) is 14.7 Å². The molecule has 0 fully saturated rings. The third-order valence-electron chi connectivity index (χ3n) is 2.06. The third kappa shape index (κ3) is 2.81. The van der Waals surface area contributed by atoms with Gasteiger partial charge in [-0.25, -0.2) is 0 Å². The van der Waals surface area contributed by atoms with Gasteiger partial charge in [0.2, 0.25) is 0 Å². The molecule has 0 heterocycles. The van der Waals surface area contributed by atoms with Gasteiger partial charge in [-0.05, 0) is 59.2 Å². The Hall–Kier alpha value is -0.350. The molecule has 13 heavy (non-hydrogen) atoms. The maximum absolute atomic E-state index is 6.00. The molecule has 70 valence electrons. The highest BCUT2D eigenvalue weighted by atomic mass is 127. The van der Waals surface area contributed by atoms with Crippen molar-refractivity contribution in [2.24, 2.45) is 5.73 Å². The fourth-order valence-corrected chi connectivity index (χ4v) is 1.83. The number of benzene rings is 1. The minimum absolute atomic E-state index is 0.0900. The Balaban J connectivity index is 2.97. The zero-order chi connectivity index (χ0) is 9.84. The van der Waals surface area contributed by atoms with E-state index in [1.54, 1.807) is 0 Å². The van der Waals surface area contributed by atoms with Crippen LogP contribution in [0.3, 0.4) is 0 Å². The van der Waals surface area contributed by atoms with Crippen LogP contribution in [0.1, 0.15) is 23.6 Å². The molecule has 0 saturated heterocycles. The summed E-state index contributed by atoms with van der Waals surface area (Å²) in [6.07, 6.45) is 2.70. The molecular weight excluding hydrogens is 273 g/mol. The minimum Gasteiger partial charge on any atom is -0.324 e. The second kappa shape index (κ2) is 4.77. The van der Waals surface area contributed by atoms with E-state index in [0.29, 0.717) is 0 Å². The summed E-state index contributed by atoms with van der Waals surface area (Å²) in [4.78, 5) is 0. The summed E-state index contributed by atoms with van der Waals surface area (Å²) >= 11 is 2.30. The van der Waals surface area contributed by atoms with E-state index in [0.717, 1.165) is 6.42 Å². The Morgan fingerprint density at radius 3 is 2.92 bits per heavy atom. The summed E-state index contributed by atoms with van der Waals surface area (Å²) in [5, 5.41) is 0. The van der Waals surface area contributed by atoms with Crippen molar-refractivity contribution in [3.8, 4) is 0 Å². The van der Waals surface area contributed by atoms with Gasteiger partial charge in [-0.15, -0.1) is 6.58 Å². The van der Waals surface area contributed by atoms with E-state index in [1.807, 2.05) is 6.08 Å². The summed E-state index contributed by atoms with van der Waals surface area (Å²) < 4.78 is 1.23. The van der Waals surface area contributed by atoms with E-state index in [-0.39, 0.29) is 6.04 Å². The summed E-state index contributed by atoms with van der Waals surface area (Å²) in [5.41, 5.74) is 8.49. The van der Waals surface area contributed by atoms with Crippen LogP contribution in [0.25, 0.3) is 0 Å². The molecule has 0 bridgehead atoms. The zero-order valence-corrected chi connectivity index (χ0v) is 9.91. The Morgan fingerprint density at radius 2 is 2.31 bits per heavy atom. The Morgan fingerprint density at radius 1 is 1.62 bits per heavy atom. The van der Waals surface area contributed by atoms with Crippen LogP contribution in [0.15, 0.2) is 30.9 Å². The quantitative estimate of drug-likeness (QED) is 0.670. The lowest BCUT2D eigenvalue weighted by atomic mass is 10.00. The van der Waals surface area contributed by atoms with E-state index < -0.39 is 0 Å². The van der Waals surface area contributed by atoms with Gasteiger partial charge >= 0.3 is 0 Å². The molecule has 1 nitrogen and oxygen atoms in total. The summed E-state index contributed by atoms with van der Waals surface area (Å²) in [6.45, 7) is 5.79. The van der Waals surface area contributed by atoms with Gasteiger partial charge in [-0.2, -0.15) is 0 Å². The van der Waals surface area contributed by atoms with Crippen LogP contribution in [0.2, 0.25) is 0 Å². The van der Waals surface area contributed by atoms with Crippen molar-refractivity contribution >= 4 is 22.6 Å². The first kappa shape index (κ1) is 10.7. The maximum atomic E-state index is 6.00.